The first-order valence-corrected chi connectivity index (χ1v) is 6.23. The van der Waals surface area contributed by atoms with Crippen molar-refractivity contribution in [3.63, 3.8) is 0 Å². The van der Waals surface area contributed by atoms with Crippen LogP contribution in [-0.4, -0.2) is 24.5 Å². The van der Waals surface area contributed by atoms with Crippen LogP contribution < -0.4 is 11.1 Å². The van der Waals surface area contributed by atoms with Gasteiger partial charge in [0.25, 0.3) is 0 Å². The van der Waals surface area contributed by atoms with Crippen molar-refractivity contribution < 1.29 is 14.3 Å². The Morgan fingerprint density at radius 2 is 1.95 bits per heavy atom. The monoisotopic (exact) mass is 266 g/mol. The first kappa shape index (κ1) is 15.5. The Labute approximate surface area is 114 Å². The molecule has 1 amide bonds. The maximum absolute atomic E-state index is 11.4. The fraction of sp³-hybridized carbons (Fsp3) is 0.500. The third-order valence-electron chi connectivity index (χ3n) is 2.11. The molecule has 0 spiro atoms. The van der Waals surface area contributed by atoms with Crippen molar-refractivity contribution in [3.8, 4) is 0 Å². The van der Waals surface area contributed by atoms with E-state index in [1.807, 2.05) is 30.3 Å². The highest BCUT2D eigenvalue weighted by Gasteiger charge is 2.17. The fourth-order valence-electron chi connectivity index (χ4n) is 1.38. The van der Waals surface area contributed by atoms with E-state index in [2.05, 4.69) is 5.32 Å². The number of carbonyl (C=O) groups is 1. The van der Waals surface area contributed by atoms with E-state index in [1.54, 1.807) is 20.8 Å². The quantitative estimate of drug-likeness (QED) is 0.800. The lowest BCUT2D eigenvalue weighted by Gasteiger charge is -2.21. The summed E-state index contributed by atoms with van der Waals surface area (Å²) in [6, 6.07) is 9.76. The maximum atomic E-state index is 11.4. The lowest BCUT2D eigenvalue weighted by Crippen LogP contribution is -2.46. The van der Waals surface area contributed by atoms with E-state index >= 15 is 0 Å². The molecule has 0 radical (unpaired) electrons. The second-order valence-corrected chi connectivity index (χ2v) is 5.25. The van der Waals surface area contributed by atoms with Crippen LogP contribution in [0.4, 0.5) is 4.79 Å². The summed E-state index contributed by atoms with van der Waals surface area (Å²) < 4.78 is 10.5. The predicted octanol–water partition coefficient (Wildman–Crippen LogP) is 2.01. The van der Waals surface area contributed by atoms with Crippen LogP contribution in [0.1, 0.15) is 26.3 Å². The van der Waals surface area contributed by atoms with Gasteiger partial charge in [-0.15, -0.1) is 0 Å². The highest BCUT2D eigenvalue weighted by molar-refractivity contribution is 5.67. The van der Waals surface area contributed by atoms with Crippen LogP contribution in [-0.2, 0) is 16.1 Å². The number of hydrogen-bond donors (Lipinski definition) is 2. The lowest BCUT2D eigenvalue weighted by molar-refractivity contribution is 0.0434. The smallest absolute Gasteiger partial charge is 0.408 e. The van der Waals surface area contributed by atoms with Crippen LogP contribution in [0.2, 0.25) is 0 Å². The molecule has 0 saturated carbocycles. The summed E-state index contributed by atoms with van der Waals surface area (Å²) in [6.07, 6.45) is -1.12. The van der Waals surface area contributed by atoms with Crippen molar-refractivity contribution in [3.05, 3.63) is 35.9 Å². The van der Waals surface area contributed by atoms with Gasteiger partial charge in [-0.1, -0.05) is 30.3 Å². The van der Waals surface area contributed by atoms with Gasteiger partial charge in [0.15, 0.2) is 0 Å². The molecule has 5 heteroatoms. The molecule has 1 aromatic carbocycles. The van der Waals surface area contributed by atoms with Crippen LogP contribution in [0.25, 0.3) is 0 Å². The molecule has 0 aliphatic rings. The number of rotatable bonds is 5. The van der Waals surface area contributed by atoms with E-state index in [1.165, 1.54) is 0 Å². The van der Waals surface area contributed by atoms with Crippen molar-refractivity contribution in [2.75, 3.05) is 6.61 Å². The Bertz CT molecular complexity index is 387. The van der Waals surface area contributed by atoms with Crippen molar-refractivity contribution >= 4 is 6.09 Å². The minimum absolute atomic E-state index is 0.230. The molecule has 0 fully saturated rings. The van der Waals surface area contributed by atoms with Gasteiger partial charge in [-0.2, -0.15) is 0 Å². The van der Waals surface area contributed by atoms with Crippen LogP contribution >= 0.6 is 0 Å². The first-order chi connectivity index (χ1) is 8.87. The van der Waals surface area contributed by atoms with Gasteiger partial charge in [-0.3, -0.25) is 0 Å². The summed E-state index contributed by atoms with van der Waals surface area (Å²) in [5.41, 5.74) is 6.25. The number of alkyl carbamates (subject to hydrolysis) is 1. The molecule has 1 rings (SSSR count). The number of nitrogens with two attached hydrogens (primary N) is 1. The number of nitrogens with one attached hydrogen (secondary N) is 1. The van der Waals surface area contributed by atoms with Crippen molar-refractivity contribution in [2.24, 2.45) is 5.73 Å². The molecule has 0 aromatic heterocycles. The summed E-state index contributed by atoms with van der Waals surface area (Å²) in [5, 5.41) is 2.51. The highest BCUT2D eigenvalue weighted by Crippen LogP contribution is 2.06. The Hall–Kier alpha value is -1.59. The van der Waals surface area contributed by atoms with E-state index < -0.39 is 17.9 Å². The average Bonchev–Trinajstić information content (AvgIpc) is 2.27. The fourth-order valence-corrected chi connectivity index (χ4v) is 1.38. The zero-order chi connectivity index (χ0) is 14.3. The molecule has 0 aliphatic carbocycles. The van der Waals surface area contributed by atoms with Gasteiger partial charge >= 0.3 is 6.09 Å². The molecular weight excluding hydrogens is 244 g/mol. The van der Waals surface area contributed by atoms with Crippen molar-refractivity contribution in [1.29, 1.82) is 0 Å². The Morgan fingerprint density at radius 3 is 2.53 bits per heavy atom. The number of benzene rings is 1. The Kier molecular flexibility index (Phi) is 5.79. The van der Waals surface area contributed by atoms with Gasteiger partial charge in [-0.05, 0) is 26.3 Å². The number of amides is 1. The maximum Gasteiger partial charge on any atom is 0.408 e. The topological polar surface area (TPSA) is 73.6 Å². The van der Waals surface area contributed by atoms with E-state index in [0.717, 1.165) is 5.56 Å². The third kappa shape index (κ3) is 7.43. The normalized spacial score (nSPS) is 12.8. The number of hydrogen-bond acceptors (Lipinski definition) is 4. The summed E-state index contributed by atoms with van der Waals surface area (Å²) in [6.45, 7) is 6.08. The van der Waals surface area contributed by atoms with E-state index in [4.69, 9.17) is 15.2 Å². The van der Waals surface area contributed by atoms with Crippen molar-refractivity contribution in [1.82, 2.24) is 5.32 Å². The summed E-state index contributed by atoms with van der Waals surface area (Å²) >= 11 is 0. The minimum atomic E-state index is -0.585. The zero-order valence-corrected chi connectivity index (χ0v) is 11.7. The standard InChI is InChI=1S/C14H22N2O3/c1-14(2,3)19-13(17)16-12(15)10-18-9-11-7-5-4-6-8-11/h4-8,12H,9-10,15H2,1-3H3,(H,16,17)/t12-/m0/s1. The number of carbonyl (C=O) groups excluding carboxylic acids is 1. The van der Waals surface area contributed by atoms with E-state index in [9.17, 15) is 4.79 Å². The van der Waals surface area contributed by atoms with Gasteiger partial charge in [0.2, 0.25) is 0 Å². The summed E-state index contributed by atoms with van der Waals surface area (Å²) in [5.74, 6) is 0. The SMILES string of the molecule is CC(C)(C)OC(=O)N[C@H](N)COCc1ccccc1. The second-order valence-electron chi connectivity index (χ2n) is 5.25. The van der Waals surface area contributed by atoms with Crippen LogP contribution in [0, 0.1) is 0 Å². The molecule has 0 unspecified atom stereocenters. The molecule has 106 valence electrons. The molecule has 0 aliphatic heterocycles. The van der Waals surface area contributed by atoms with Crippen LogP contribution in [0.3, 0.4) is 0 Å². The molecule has 1 atom stereocenters. The van der Waals surface area contributed by atoms with E-state index in [-0.39, 0.29) is 6.61 Å². The van der Waals surface area contributed by atoms with Gasteiger partial charge in [0.05, 0.1) is 13.2 Å². The predicted molar refractivity (Wildman–Crippen MR) is 73.4 cm³/mol. The Balaban J connectivity index is 2.21. The van der Waals surface area contributed by atoms with Crippen molar-refractivity contribution in [2.45, 2.75) is 39.1 Å². The third-order valence-corrected chi connectivity index (χ3v) is 2.11. The largest absolute Gasteiger partial charge is 0.444 e. The molecule has 19 heavy (non-hydrogen) atoms. The second kappa shape index (κ2) is 7.11. The molecule has 0 heterocycles. The highest BCUT2D eigenvalue weighted by atomic mass is 16.6. The molecule has 5 nitrogen and oxygen atoms in total. The average molecular weight is 266 g/mol. The van der Waals surface area contributed by atoms with E-state index in [0.29, 0.717) is 6.61 Å². The summed E-state index contributed by atoms with van der Waals surface area (Å²) in [7, 11) is 0. The van der Waals surface area contributed by atoms with Gasteiger partial charge in [0.1, 0.15) is 11.8 Å². The molecule has 0 bridgehead atoms. The zero-order valence-electron chi connectivity index (χ0n) is 11.7. The van der Waals surface area contributed by atoms with Gasteiger partial charge in [0, 0.05) is 0 Å². The molecule has 3 N–H and O–H groups in total. The van der Waals surface area contributed by atoms with Crippen LogP contribution in [0.5, 0.6) is 0 Å². The minimum Gasteiger partial charge on any atom is -0.444 e. The number of ether oxygens (including phenoxy) is 2. The first-order valence-electron chi connectivity index (χ1n) is 6.23. The Morgan fingerprint density at radius 1 is 1.32 bits per heavy atom. The van der Waals surface area contributed by atoms with Gasteiger partial charge in [-0.25, -0.2) is 4.79 Å². The van der Waals surface area contributed by atoms with Crippen LogP contribution in [0.15, 0.2) is 30.3 Å². The lowest BCUT2D eigenvalue weighted by atomic mass is 10.2. The molecular formula is C14H22N2O3. The molecule has 0 saturated heterocycles. The molecule has 1 aromatic rings. The summed E-state index contributed by atoms with van der Waals surface area (Å²) in [4.78, 5) is 11.4. The van der Waals surface area contributed by atoms with Gasteiger partial charge < -0.3 is 20.5 Å².